The monoisotopic (exact) mass is 374 g/mol. The first-order valence-electron chi connectivity index (χ1n) is 7.59. The number of rotatable bonds is 6. The summed E-state index contributed by atoms with van der Waals surface area (Å²) in [5, 5.41) is 9.68. The van der Waals surface area contributed by atoms with Crippen LogP contribution in [0.5, 0.6) is 0 Å². The second-order valence-electron chi connectivity index (χ2n) is 4.96. The van der Waals surface area contributed by atoms with Crippen molar-refractivity contribution < 1.29 is 9.53 Å². The molecule has 0 aliphatic heterocycles. The van der Waals surface area contributed by atoms with E-state index >= 15 is 0 Å². The van der Waals surface area contributed by atoms with E-state index < -0.39 is 0 Å². The Morgan fingerprint density at radius 3 is 2.88 bits per heavy atom. The highest BCUT2D eigenvalue weighted by atomic mass is 35.5. The van der Waals surface area contributed by atoms with Gasteiger partial charge in [-0.2, -0.15) is 0 Å². The van der Waals surface area contributed by atoms with Gasteiger partial charge in [0.25, 0.3) is 0 Å². The summed E-state index contributed by atoms with van der Waals surface area (Å²) in [4.78, 5) is 15.8. The van der Waals surface area contributed by atoms with Crippen LogP contribution in [0.2, 0.25) is 5.02 Å². The van der Waals surface area contributed by atoms with Crippen molar-refractivity contribution in [3.63, 3.8) is 0 Å². The lowest BCUT2D eigenvalue weighted by Gasteiger charge is -2.10. The first-order valence-corrected chi connectivity index (χ1v) is 8.95. The molecule has 1 aromatic carbocycles. The zero-order valence-corrected chi connectivity index (χ0v) is 15.0. The minimum Gasteiger partial charge on any atom is -0.465 e. The Hall–Kier alpha value is -2.38. The molecule has 0 N–H and O–H groups in total. The van der Waals surface area contributed by atoms with Crippen molar-refractivity contribution >= 4 is 29.3 Å². The van der Waals surface area contributed by atoms with Gasteiger partial charge in [0.05, 0.1) is 18.0 Å². The lowest BCUT2D eigenvalue weighted by atomic mass is 10.2. The number of nitrogens with zero attached hydrogens (tertiary/aromatic N) is 4. The van der Waals surface area contributed by atoms with Gasteiger partial charge in [-0.15, -0.1) is 10.2 Å². The number of pyridine rings is 1. The van der Waals surface area contributed by atoms with Gasteiger partial charge < -0.3 is 4.74 Å². The SMILES string of the molecule is CCOC(=O)CSc1nnc(-c2cccnc2)n1-c1cccc(Cl)c1. The molecule has 0 atom stereocenters. The molecule has 25 heavy (non-hydrogen) atoms. The van der Waals surface area contributed by atoms with Crippen LogP contribution in [0.25, 0.3) is 17.1 Å². The van der Waals surface area contributed by atoms with E-state index in [2.05, 4.69) is 15.2 Å². The fourth-order valence-electron chi connectivity index (χ4n) is 2.22. The molecule has 128 valence electrons. The highest BCUT2D eigenvalue weighted by Crippen LogP contribution is 2.28. The zero-order valence-electron chi connectivity index (χ0n) is 13.4. The largest absolute Gasteiger partial charge is 0.465 e. The average Bonchev–Trinajstić information content (AvgIpc) is 3.05. The standard InChI is InChI=1S/C17H15ClN4O2S/c1-2-24-15(23)11-25-17-21-20-16(12-5-4-8-19-10-12)22(17)14-7-3-6-13(18)9-14/h3-10H,2,11H2,1H3. The van der Waals surface area contributed by atoms with Crippen LogP contribution in [0, 0.1) is 0 Å². The van der Waals surface area contributed by atoms with Crippen molar-refractivity contribution in [2.45, 2.75) is 12.1 Å². The predicted octanol–water partition coefficient (Wildman–Crippen LogP) is 3.64. The van der Waals surface area contributed by atoms with E-state index in [-0.39, 0.29) is 11.7 Å². The number of carbonyl (C=O) groups excluding carboxylic acids is 1. The van der Waals surface area contributed by atoms with Gasteiger partial charge in [0, 0.05) is 23.0 Å². The van der Waals surface area contributed by atoms with Crippen LogP contribution in [0.4, 0.5) is 0 Å². The molecule has 0 aliphatic rings. The van der Waals surface area contributed by atoms with Gasteiger partial charge in [-0.3, -0.25) is 14.3 Å². The molecule has 0 bridgehead atoms. The maximum Gasteiger partial charge on any atom is 0.316 e. The number of aromatic nitrogens is 4. The highest BCUT2D eigenvalue weighted by molar-refractivity contribution is 7.99. The van der Waals surface area contributed by atoms with Crippen molar-refractivity contribution in [3.05, 3.63) is 53.8 Å². The molecule has 3 rings (SSSR count). The summed E-state index contributed by atoms with van der Waals surface area (Å²) in [6.45, 7) is 2.12. The molecule has 6 nitrogen and oxygen atoms in total. The summed E-state index contributed by atoms with van der Waals surface area (Å²) >= 11 is 7.40. The van der Waals surface area contributed by atoms with Crippen molar-refractivity contribution in [3.8, 4) is 17.1 Å². The van der Waals surface area contributed by atoms with Gasteiger partial charge in [-0.25, -0.2) is 0 Å². The molecule has 0 unspecified atom stereocenters. The molecular weight excluding hydrogens is 360 g/mol. The van der Waals surface area contributed by atoms with Crippen molar-refractivity contribution in [1.29, 1.82) is 0 Å². The Kier molecular flexibility index (Phi) is 5.67. The second kappa shape index (κ2) is 8.13. The summed E-state index contributed by atoms with van der Waals surface area (Å²) < 4.78 is 6.83. The van der Waals surface area contributed by atoms with Gasteiger partial charge in [-0.1, -0.05) is 29.4 Å². The minimum absolute atomic E-state index is 0.152. The maximum atomic E-state index is 11.7. The van der Waals surface area contributed by atoms with Crippen LogP contribution in [-0.4, -0.2) is 38.1 Å². The number of thioether (sulfide) groups is 1. The predicted molar refractivity (Wildman–Crippen MR) is 97.0 cm³/mol. The molecule has 8 heteroatoms. The van der Waals surface area contributed by atoms with E-state index in [0.717, 1.165) is 11.3 Å². The smallest absolute Gasteiger partial charge is 0.316 e. The van der Waals surface area contributed by atoms with Crippen LogP contribution in [0.15, 0.2) is 53.9 Å². The van der Waals surface area contributed by atoms with E-state index in [1.807, 2.05) is 34.9 Å². The van der Waals surface area contributed by atoms with Crippen LogP contribution in [0.1, 0.15) is 6.92 Å². The first-order chi connectivity index (χ1) is 12.2. The van der Waals surface area contributed by atoms with E-state index in [4.69, 9.17) is 16.3 Å². The van der Waals surface area contributed by atoms with Gasteiger partial charge >= 0.3 is 5.97 Å². The number of ether oxygens (including phenoxy) is 1. The Morgan fingerprint density at radius 1 is 1.28 bits per heavy atom. The summed E-state index contributed by atoms with van der Waals surface area (Å²) in [6, 6.07) is 11.1. The molecule has 2 heterocycles. The second-order valence-corrected chi connectivity index (χ2v) is 6.34. The Morgan fingerprint density at radius 2 is 2.16 bits per heavy atom. The Labute approximate surface area is 154 Å². The van der Waals surface area contributed by atoms with E-state index in [1.54, 1.807) is 25.4 Å². The van der Waals surface area contributed by atoms with Crippen LogP contribution < -0.4 is 0 Å². The van der Waals surface area contributed by atoms with E-state index in [0.29, 0.717) is 22.6 Å². The molecule has 0 saturated heterocycles. The number of esters is 1. The fraction of sp³-hybridized carbons (Fsp3) is 0.176. The van der Waals surface area contributed by atoms with Gasteiger partial charge in [-0.05, 0) is 37.3 Å². The summed E-state index contributed by atoms with van der Waals surface area (Å²) in [5.74, 6) is 0.484. The fourth-order valence-corrected chi connectivity index (χ4v) is 3.15. The third kappa shape index (κ3) is 4.18. The molecule has 0 amide bonds. The van der Waals surface area contributed by atoms with Gasteiger partial charge in [0.2, 0.25) is 0 Å². The number of hydrogen-bond donors (Lipinski definition) is 0. The van der Waals surface area contributed by atoms with Crippen molar-refractivity contribution in [2.75, 3.05) is 12.4 Å². The van der Waals surface area contributed by atoms with Gasteiger partial charge in [0.1, 0.15) is 0 Å². The number of benzene rings is 1. The van der Waals surface area contributed by atoms with E-state index in [9.17, 15) is 4.79 Å². The molecule has 0 spiro atoms. The normalized spacial score (nSPS) is 10.6. The highest BCUT2D eigenvalue weighted by Gasteiger charge is 2.17. The maximum absolute atomic E-state index is 11.7. The summed E-state index contributed by atoms with van der Waals surface area (Å²) in [5.41, 5.74) is 1.63. The lowest BCUT2D eigenvalue weighted by Crippen LogP contribution is -2.08. The van der Waals surface area contributed by atoms with Crippen LogP contribution in [0.3, 0.4) is 0 Å². The number of carbonyl (C=O) groups is 1. The lowest BCUT2D eigenvalue weighted by molar-refractivity contribution is -0.139. The van der Waals surface area contributed by atoms with Crippen LogP contribution in [-0.2, 0) is 9.53 Å². The molecule has 0 aliphatic carbocycles. The Balaban J connectivity index is 2.01. The molecule has 2 aromatic heterocycles. The summed E-state index contributed by atoms with van der Waals surface area (Å²) in [7, 11) is 0. The van der Waals surface area contributed by atoms with Crippen molar-refractivity contribution in [1.82, 2.24) is 19.7 Å². The third-order valence-electron chi connectivity index (χ3n) is 3.24. The quantitative estimate of drug-likeness (QED) is 0.484. The topological polar surface area (TPSA) is 69.9 Å². The van der Waals surface area contributed by atoms with Crippen molar-refractivity contribution in [2.24, 2.45) is 0 Å². The van der Waals surface area contributed by atoms with Crippen LogP contribution >= 0.6 is 23.4 Å². The van der Waals surface area contributed by atoms with Gasteiger partial charge in [0.15, 0.2) is 11.0 Å². The first kappa shape index (κ1) is 17.4. The van der Waals surface area contributed by atoms with E-state index in [1.165, 1.54) is 11.8 Å². The zero-order chi connectivity index (χ0) is 17.6. The summed E-state index contributed by atoms with van der Waals surface area (Å²) in [6.07, 6.45) is 3.41. The molecule has 3 aromatic rings. The molecular formula is C17H15ClN4O2S. The number of halogens is 1. The molecule has 0 radical (unpaired) electrons. The average molecular weight is 375 g/mol. The molecule has 0 fully saturated rings. The third-order valence-corrected chi connectivity index (χ3v) is 4.38. The minimum atomic E-state index is -0.295. The Bertz CT molecular complexity index is 870. The number of hydrogen-bond acceptors (Lipinski definition) is 6. The molecule has 0 saturated carbocycles.